The number of aromatic nitrogens is 3. The molecule has 6 nitrogen and oxygen atoms in total. The Morgan fingerprint density at radius 2 is 2.19 bits per heavy atom. The van der Waals surface area contributed by atoms with Crippen LogP contribution in [0.4, 0.5) is 11.5 Å². The van der Waals surface area contributed by atoms with Crippen molar-refractivity contribution in [1.29, 1.82) is 0 Å². The van der Waals surface area contributed by atoms with Crippen LogP contribution in [0.1, 0.15) is 17.3 Å². The fourth-order valence-electron chi connectivity index (χ4n) is 2.11. The van der Waals surface area contributed by atoms with E-state index in [1.807, 2.05) is 37.4 Å². The third-order valence-corrected chi connectivity index (χ3v) is 3.17. The third-order valence-electron chi connectivity index (χ3n) is 3.17. The number of nitrogens with one attached hydrogen (secondary N) is 1. The van der Waals surface area contributed by atoms with Crippen molar-refractivity contribution in [1.82, 2.24) is 14.8 Å². The molecule has 2 heterocycles. The molecule has 0 saturated heterocycles. The second-order valence-electron chi connectivity index (χ2n) is 4.59. The van der Waals surface area contributed by atoms with Crippen LogP contribution >= 0.6 is 0 Å². The van der Waals surface area contributed by atoms with E-state index in [2.05, 4.69) is 15.4 Å². The Morgan fingerprint density at radius 1 is 1.38 bits per heavy atom. The van der Waals surface area contributed by atoms with Gasteiger partial charge in [-0.25, -0.2) is 9.78 Å². The van der Waals surface area contributed by atoms with Crippen molar-refractivity contribution in [3.63, 3.8) is 0 Å². The van der Waals surface area contributed by atoms with Crippen LogP contribution in [0, 0.1) is 0 Å². The van der Waals surface area contributed by atoms with Gasteiger partial charge in [0.25, 0.3) is 0 Å². The molecule has 2 N–H and O–H groups in total. The molecule has 0 fully saturated rings. The zero-order chi connectivity index (χ0) is 14.8. The van der Waals surface area contributed by atoms with E-state index in [1.165, 1.54) is 0 Å². The molecule has 0 amide bonds. The number of carbonyl (C=O) groups is 1. The summed E-state index contributed by atoms with van der Waals surface area (Å²) in [7, 11) is 0. The smallest absolute Gasteiger partial charge is 0.339 e. The van der Waals surface area contributed by atoms with Crippen LogP contribution in [-0.4, -0.2) is 25.8 Å². The second-order valence-corrected chi connectivity index (χ2v) is 4.59. The molecule has 6 heteroatoms. The first kappa shape index (κ1) is 13.1. The molecule has 0 spiro atoms. The quantitative estimate of drug-likeness (QED) is 0.769. The lowest BCUT2D eigenvalue weighted by atomic mass is 10.1. The Hall–Kier alpha value is -2.89. The lowest BCUT2D eigenvalue weighted by Crippen LogP contribution is -2.05. The van der Waals surface area contributed by atoms with Crippen molar-refractivity contribution in [3.05, 3.63) is 48.3 Å². The summed E-state index contributed by atoms with van der Waals surface area (Å²) in [6.45, 7) is 2.73. The van der Waals surface area contributed by atoms with Gasteiger partial charge < -0.3 is 10.4 Å². The summed E-state index contributed by atoms with van der Waals surface area (Å²) < 4.78 is 1.75. The van der Waals surface area contributed by atoms with Crippen LogP contribution in [0.5, 0.6) is 0 Å². The van der Waals surface area contributed by atoms with Crippen molar-refractivity contribution in [3.8, 4) is 0 Å². The van der Waals surface area contributed by atoms with Gasteiger partial charge in [-0.2, -0.15) is 5.10 Å². The first-order valence-electron chi connectivity index (χ1n) is 6.60. The van der Waals surface area contributed by atoms with Crippen molar-refractivity contribution >= 4 is 28.4 Å². The summed E-state index contributed by atoms with van der Waals surface area (Å²) in [5, 5.41) is 17.3. The Labute approximate surface area is 121 Å². The van der Waals surface area contributed by atoms with E-state index in [9.17, 15) is 9.90 Å². The molecule has 21 heavy (non-hydrogen) atoms. The predicted octanol–water partition coefficient (Wildman–Crippen LogP) is 2.89. The van der Waals surface area contributed by atoms with Crippen molar-refractivity contribution in [2.24, 2.45) is 0 Å². The van der Waals surface area contributed by atoms with Crippen molar-refractivity contribution in [2.75, 3.05) is 5.32 Å². The van der Waals surface area contributed by atoms with Gasteiger partial charge in [0.15, 0.2) is 0 Å². The molecule has 0 aliphatic carbocycles. The molecule has 0 saturated carbocycles. The average molecular weight is 282 g/mol. The van der Waals surface area contributed by atoms with Crippen LogP contribution in [0.25, 0.3) is 10.9 Å². The molecule has 2 aromatic heterocycles. The van der Waals surface area contributed by atoms with Crippen LogP contribution in [0.2, 0.25) is 0 Å². The van der Waals surface area contributed by atoms with Gasteiger partial charge in [0.2, 0.25) is 0 Å². The highest BCUT2D eigenvalue weighted by Gasteiger charge is 2.14. The monoisotopic (exact) mass is 282 g/mol. The summed E-state index contributed by atoms with van der Waals surface area (Å²) in [6, 6.07) is 9.04. The van der Waals surface area contributed by atoms with E-state index >= 15 is 0 Å². The van der Waals surface area contributed by atoms with E-state index in [1.54, 1.807) is 16.9 Å². The molecule has 106 valence electrons. The molecule has 3 rings (SSSR count). The van der Waals surface area contributed by atoms with Crippen molar-refractivity contribution < 1.29 is 9.90 Å². The topological polar surface area (TPSA) is 80.0 Å². The largest absolute Gasteiger partial charge is 0.478 e. The molecule has 3 aromatic rings. The van der Waals surface area contributed by atoms with E-state index in [0.717, 1.165) is 17.4 Å². The molecule has 0 bridgehead atoms. The molecule has 0 aliphatic heterocycles. The molecule has 0 atom stereocenters. The van der Waals surface area contributed by atoms with Gasteiger partial charge in [0.1, 0.15) is 11.4 Å². The highest BCUT2D eigenvalue weighted by atomic mass is 16.4. The fourth-order valence-corrected chi connectivity index (χ4v) is 2.11. The first-order valence-corrected chi connectivity index (χ1v) is 6.60. The number of benzene rings is 1. The molecule has 0 aliphatic rings. The number of aryl methyl sites for hydroxylation is 1. The van der Waals surface area contributed by atoms with Gasteiger partial charge in [-0.3, -0.25) is 4.68 Å². The summed E-state index contributed by atoms with van der Waals surface area (Å²) >= 11 is 0. The average Bonchev–Trinajstić information content (AvgIpc) is 2.94. The second kappa shape index (κ2) is 5.24. The SMILES string of the molecule is CCn1cc(Nc2nc3ccccc3cc2C(=O)O)cn1. The number of hydrogen-bond donors (Lipinski definition) is 2. The maximum atomic E-state index is 11.4. The number of fused-ring (bicyclic) bond motifs is 1. The predicted molar refractivity (Wildman–Crippen MR) is 79.9 cm³/mol. The Balaban J connectivity index is 2.06. The number of rotatable bonds is 4. The summed E-state index contributed by atoms with van der Waals surface area (Å²) in [5.74, 6) is -0.699. The van der Waals surface area contributed by atoms with E-state index in [0.29, 0.717) is 11.5 Å². The summed E-state index contributed by atoms with van der Waals surface area (Å²) in [6.07, 6.45) is 3.45. The van der Waals surface area contributed by atoms with Crippen molar-refractivity contribution in [2.45, 2.75) is 13.5 Å². The Morgan fingerprint density at radius 3 is 2.90 bits per heavy atom. The minimum Gasteiger partial charge on any atom is -0.478 e. The highest BCUT2D eigenvalue weighted by molar-refractivity contribution is 5.98. The minimum absolute atomic E-state index is 0.137. The van der Waals surface area contributed by atoms with Crippen LogP contribution in [0.3, 0.4) is 0 Å². The highest BCUT2D eigenvalue weighted by Crippen LogP contribution is 2.23. The summed E-state index contributed by atoms with van der Waals surface area (Å²) in [4.78, 5) is 15.8. The molecule has 0 unspecified atom stereocenters. The zero-order valence-corrected chi connectivity index (χ0v) is 11.4. The van der Waals surface area contributed by atoms with Crippen LogP contribution in [-0.2, 0) is 6.54 Å². The van der Waals surface area contributed by atoms with E-state index in [-0.39, 0.29) is 5.56 Å². The molecule has 0 radical (unpaired) electrons. The maximum absolute atomic E-state index is 11.4. The number of carboxylic acids is 1. The number of aromatic carboxylic acids is 1. The molecule has 1 aromatic carbocycles. The molecular formula is C15H14N4O2. The van der Waals surface area contributed by atoms with E-state index in [4.69, 9.17) is 0 Å². The number of hydrogen-bond acceptors (Lipinski definition) is 4. The molecular weight excluding hydrogens is 268 g/mol. The number of nitrogens with zero attached hydrogens (tertiary/aromatic N) is 3. The zero-order valence-electron chi connectivity index (χ0n) is 11.4. The van der Waals surface area contributed by atoms with Gasteiger partial charge in [-0.15, -0.1) is 0 Å². The first-order chi connectivity index (χ1) is 10.2. The Kier molecular flexibility index (Phi) is 3.27. The summed E-state index contributed by atoms with van der Waals surface area (Å²) in [5.41, 5.74) is 1.59. The number of pyridine rings is 1. The van der Waals surface area contributed by atoms with Gasteiger partial charge in [0, 0.05) is 18.1 Å². The number of para-hydroxylation sites is 1. The Bertz CT molecular complexity index is 810. The lowest BCUT2D eigenvalue weighted by molar-refractivity contribution is 0.0698. The van der Waals surface area contributed by atoms with Crippen LogP contribution in [0.15, 0.2) is 42.7 Å². The van der Waals surface area contributed by atoms with Gasteiger partial charge >= 0.3 is 5.97 Å². The van der Waals surface area contributed by atoms with Gasteiger partial charge in [-0.1, -0.05) is 18.2 Å². The third kappa shape index (κ3) is 2.55. The number of anilines is 2. The standard InChI is InChI=1S/C15H14N4O2/c1-2-19-9-11(8-16-19)17-14-12(15(20)21)7-10-5-3-4-6-13(10)18-14/h3-9H,2H2,1H3,(H,17,18)(H,20,21). The minimum atomic E-state index is -1.02. The van der Waals surface area contributed by atoms with Gasteiger partial charge in [0.05, 0.1) is 17.4 Å². The maximum Gasteiger partial charge on any atom is 0.339 e. The normalized spacial score (nSPS) is 10.7. The number of carboxylic acid groups (broad SMARTS) is 1. The van der Waals surface area contributed by atoms with E-state index < -0.39 is 5.97 Å². The lowest BCUT2D eigenvalue weighted by Gasteiger charge is -2.08. The van der Waals surface area contributed by atoms with Gasteiger partial charge in [-0.05, 0) is 19.1 Å². The van der Waals surface area contributed by atoms with Crippen LogP contribution < -0.4 is 5.32 Å². The fraction of sp³-hybridized carbons (Fsp3) is 0.133.